The maximum Gasteiger partial charge on any atom is 0.343 e. The zero-order valence-corrected chi connectivity index (χ0v) is 22.6. The van der Waals surface area contributed by atoms with Crippen LogP contribution in [0.3, 0.4) is 0 Å². The molecule has 8 nitrogen and oxygen atoms in total. The van der Waals surface area contributed by atoms with Gasteiger partial charge in [-0.05, 0) is 39.5 Å². The van der Waals surface area contributed by atoms with E-state index in [1.54, 1.807) is 0 Å². The molecule has 2 atom stereocenters. The number of hydrogen-bond acceptors (Lipinski definition) is 8. The number of carbonyl (C=O) groups is 2. The van der Waals surface area contributed by atoms with Gasteiger partial charge in [-0.2, -0.15) is 0 Å². The monoisotopic (exact) mass is 506 g/mol. The molecule has 1 rings (SSSR count). The quantitative estimate of drug-likeness (QED) is 0.0828. The van der Waals surface area contributed by atoms with Gasteiger partial charge in [0.15, 0.2) is 0 Å². The number of esters is 2. The smallest absolute Gasteiger partial charge is 0.343 e. The summed E-state index contributed by atoms with van der Waals surface area (Å²) in [7, 11) is 0. The minimum atomic E-state index is -0.589. The number of aliphatic hydroxyl groups excluding tert-OH is 2. The number of aliphatic hydroxyl groups is 2. The summed E-state index contributed by atoms with van der Waals surface area (Å²) in [5.74, 6) is -1.46. The summed E-state index contributed by atoms with van der Waals surface area (Å²) in [6, 6.07) is -0.431. The van der Waals surface area contributed by atoms with Crippen LogP contribution >= 0.6 is 0 Å². The highest BCUT2D eigenvalue weighted by atomic mass is 16.5. The molecule has 0 amide bonds. The Balaban J connectivity index is 2.81. The Morgan fingerprint density at radius 3 is 1.44 bits per heavy atom. The van der Waals surface area contributed by atoms with Crippen LogP contribution < -0.4 is 0 Å². The van der Waals surface area contributed by atoms with E-state index in [1.165, 1.54) is 26.3 Å². The van der Waals surface area contributed by atoms with Crippen LogP contribution in [-0.2, 0) is 19.1 Å². The Bertz CT molecular complexity index is 726. The van der Waals surface area contributed by atoms with Crippen molar-refractivity contribution in [1.29, 1.82) is 0 Å². The van der Waals surface area contributed by atoms with E-state index < -0.39 is 11.9 Å². The van der Waals surface area contributed by atoms with Crippen molar-refractivity contribution in [2.75, 3.05) is 13.2 Å². The summed E-state index contributed by atoms with van der Waals surface area (Å²) >= 11 is 0. The molecule has 8 heteroatoms. The summed E-state index contributed by atoms with van der Waals surface area (Å²) in [6.07, 6.45) is 14.2. The van der Waals surface area contributed by atoms with Crippen molar-refractivity contribution in [3.8, 4) is 0 Å². The number of aliphatic imine (C=N–C) groups is 2. The van der Waals surface area contributed by atoms with Crippen LogP contribution in [0, 0.1) is 0 Å². The lowest BCUT2D eigenvalue weighted by molar-refractivity contribution is -0.139. The average Bonchev–Trinajstić information content (AvgIpc) is 2.84. The highest BCUT2D eigenvalue weighted by molar-refractivity contribution is 6.10. The van der Waals surface area contributed by atoms with Gasteiger partial charge in [0.25, 0.3) is 0 Å². The number of unbranched alkanes of at least 4 members (excludes halogenated alkanes) is 6. The first-order valence-electron chi connectivity index (χ1n) is 13.5. The second-order valence-electron chi connectivity index (χ2n) is 9.37. The van der Waals surface area contributed by atoms with E-state index in [0.717, 1.165) is 77.0 Å². The second kappa shape index (κ2) is 18.6. The summed E-state index contributed by atoms with van der Waals surface area (Å²) in [6.45, 7) is 7.72. The molecule has 0 aromatic carbocycles. The lowest BCUT2D eigenvalue weighted by atomic mass is 9.91. The molecular weight excluding hydrogens is 460 g/mol. The predicted molar refractivity (Wildman–Crippen MR) is 144 cm³/mol. The molecule has 0 bridgehead atoms. The predicted octanol–water partition coefficient (Wildman–Crippen LogP) is 6.35. The first-order valence-corrected chi connectivity index (χ1v) is 13.5. The van der Waals surface area contributed by atoms with Crippen LogP contribution in [0.25, 0.3) is 0 Å². The number of rotatable bonds is 16. The van der Waals surface area contributed by atoms with Gasteiger partial charge in [0.2, 0.25) is 0 Å². The van der Waals surface area contributed by atoms with Crippen molar-refractivity contribution in [3.05, 3.63) is 22.7 Å². The van der Waals surface area contributed by atoms with Crippen molar-refractivity contribution >= 4 is 24.4 Å². The maximum absolute atomic E-state index is 12.4. The number of hydrogen-bond donors (Lipinski definition) is 2. The summed E-state index contributed by atoms with van der Waals surface area (Å²) in [5, 5.41) is 20.0. The van der Waals surface area contributed by atoms with Crippen molar-refractivity contribution in [1.82, 2.24) is 0 Å². The fourth-order valence-corrected chi connectivity index (χ4v) is 3.91. The number of allylic oxidation sites excluding steroid dienone is 2. The molecule has 1 aliphatic rings. The van der Waals surface area contributed by atoms with Gasteiger partial charge in [-0.25, -0.2) is 9.59 Å². The van der Waals surface area contributed by atoms with E-state index in [4.69, 9.17) is 9.47 Å². The molecule has 0 spiro atoms. The Hall–Kier alpha value is -2.64. The minimum Gasteiger partial charge on any atom is -0.512 e. The van der Waals surface area contributed by atoms with Crippen LogP contribution in [0.15, 0.2) is 32.6 Å². The Morgan fingerprint density at radius 2 is 1.11 bits per heavy atom. The lowest BCUT2D eigenvalue weighted by Crippen LogP contribution is -2.28. The van der Waals surface area contributed by atoms with Gasteiger partial charge in [0.1, 0.15) is 22.7 Å². The molecule has 1 saturated carbocycles. The minimum absolute atomic E-state index is 0.0391. The normalized spacial score (nSPS) is 19.8. The Labute approximate surface area is 216 Å². The molecule has 1 aliphatic carbocycles. The van der Waals surface area contributed by atoms with Crippen LogP contribution in [0.4, 0.5) is 0 Å². The van der Waals surface area contributed by atoms with Crippen LogP contribution in [0.2, 0.25) is 0 Å². The van der Waals surface area contributed by atoms with Gasteiger partial charge < -0.3 is 19.7 Å². The van der Waals surface area contributed by atoms with Gasteiger partial charge in [-0.15, -0.1) is 0 Å². The van der Waals surface area contributed by atoms with Crippen molar-refractivity contribution < 1.29 is 29.3 Å². The largest absolute Gasteiger partial charge is 0.512 e. The molecule has 36 heavy (non-hydrogen) atoms. The molecule has 0 heterocycles. The third-order valence-electron chi connectivity index (χ3n) is 6.17. The number of nitrogens with zero attached hydrogens (tertiary/aromatic N) is 2. The molecule has 0 unspecified atom stereocenters. The zero-order chi connectivity index (χ0) is 26.8. The van der Waals surface area contributed by atoms with E-state index >= 15 is 0 Å². The summed E-state index contributed by atoms with van der Waals surface area (Å²) in [4.78, 5) is 34.0. The van der Waals surface area contributed by atoms with Gasteiger partial charge >= 0.3 is 11.9 Å². The maximum atomic E-state index is 12.4. The number of ether oxygens (including phenoxy) is 2. The fourth-order valence-electron chi connectivity index (χ4n) is 3.91. The topological polar surface area (TPSA) is 118 Å². The zero-order valence-electron chi connectivity index (χ0n) is 22.6. The molecule has 204 valence electrons. The number of carbonyl (C=O) groups excluding carboxylic acids is 2. The molecule has 0 aromatic heterocycles. The Morgan fingerprint density at radius 1 is 0.722 bits per heavy atom. The van der Waals surface area contributed by atoms with E-state index in [0.29, 0.717) is 13.2 Å². The average molecular weight is 507 g/mol. The highest BCUT2D eigenvalue weighted by Gasteiger charge is 2.25. The molecule has 0 aromatic rings. The van der Waals surface area contributed by atoms with E-state index in [2.05, 4.69) is 23.8 Å². The Kier molecular flexibility index (Phi) is 16.2. The summed E-state index contributed by atoms with van der Waals surface area (Å²) in [5.41, 5.74) is 0.0782. The molecule has 0 saturated heterocycles. The van der Waals surface area contributed by atoms with Crippen LogP contribution in [0.5, 0.6) is 0 Å². The standard InChI is InChI=1S/C28H46N2O6/c1-5-7-9-13-17-35-27(33)23(21(3)31)19-29-25-15-11-12-16-26(25)30-20-24(22(4)32)28(34)36-18-14-10-8-6-2/h19-20,25-26,31-32H,5-18H2,1-4H3/b23-21+,24-22+,29-19?,30-20?/t25-,26-/m1/s1. The summed E-state index contributed by atoms with van der Waals surface area (Å²) < 4.78 is 10.6. The third-order valence-corrected chi connectivity index (χ3v) is 6.17. The lowest BCUT2D eigenvalue weighted by Gasteiger charge is -2.25. The van der Waals surface area contributed by atoms with Gasteiger partial charge in [-0.1, -0.05) is 65.2 Å². The van der Waals surface area contributed by atoms with E-state index in [-0.39, 0.29) is 34.7 Å². The molecule has 0 aliphatic heterocycles. The third kappa shape index (κ3) is 12.4. The molecule has 1 fully saturated rings. The molecular formula is C28H46N2O6. The van der Waals surface area contributed by atoms with Crippen molar-refractivity contribution in [2.24, 2.45) is 9.98 Å². The van der Waals surface area contributed by atoms with Gasteiger partial charge in [-0.3, -0.25) is 9.98 Å². The fraction of sp³-hybridized carbons (Fsp3) is 0.714. The van der Waals surface area contributed by atoms with Crippen molar-refractivity contribution in [2.45, 2.75) is 117 Å². The highest BCUT2D eigenvalue weighted by Crippen LogP contribution is 2.24. The first kappa shape index (κ1) is 31.4. The van der Waals surface area contributed by atoms with Crippen molar-refractivity contribution in [3.63, 3.8) is 0 Å². The molecule has 2 N–H and O–H groups in total. The van der Waals surface area contributed by atoms with E-state index in [9.17, 15) is 19.8 Å². The second-order valence-corrected chi connectivity index (χ2v) is 9.37. The SMILES string of the molecule is CCCCCCOC(=O)/C(C=N[C@@H]1CCCC[C@H]1N=C/C(C(=O)OCCCCCC)=C(/C)O)=C(\C)O. The van der Waals surface area contributed by atoms with Crippen LogP contribution in [0.1, 0.15) is 105 Å². The van der Waals surface area contributed by atoms with Gasteiger partial charge in [0.05, 0.1) is 25.3 Å². The van der Waals surface area contributed by atoms with E-state index in [1.807, 2.05) is 0 Å². The first-order chi connectivity index (χ1) is 17.3. The van der Waals surface area contributed by atoms with Gasteiger partial charge in [0, 0.05) is 12.4 Å². The van der Waals surface area contributed by atoms with Crippen LogP contribution in [-0.4, -0.2) is 59.9 Å². The molecule has 0 radical (unpaired) electrons.